The van der Waals surface area contributed by atoms with Gasteiger partial charge in [-0.2, -0.15) is 4.98 Å². The molecule has 3 aromatic heterocycles. The van der Waals surface area contributed by atoms with Crippen molar-refractivity contribution in [3.63, 3.8) is 0 Å². The number of rotatable bonds is 4. The van der Waals surface area contributed by atoms with Crippen LogP contribution < -0.4 is 16.0 Å². The van der Waals surface area contributed by atoms with Gasteiger partial charge in [-0.1, -0.05) is 18.2 Å². The minimum Gasteiger partial charge on any atom is -0.384 e. The zero-order valence-corrected chi connectivity index (χ0v) is 16.6. The maximum absolute atomic E-state index is 14.6. The molecule has 1 aromatic carbocycles. The molecule has 0 bridgehead atoms. The fraction of sp³-hybridized carbons (Fsp3) is 0.182. The predicted octanol–water partition coefficient (Wildman–Crippen LogP) is 3.39. The number of anilines is 4. The zero-order valence-electron chi connectivity index (χ0n) is 16.6. The Balaban J connectivity index is 1.56. The van der Waals surface area contributed by atoms with E-state index in [-0.39, 0.29) is 11.4 Å². The third-order valence-electron chi connectivity index (χ3n) is 5.02. The Kier molecular flexibility index (Phi) is 5.01. The van der Waals surface area contributed by atoms with Crippen molar-refractivity contribution in [3.8, 4) is 11.3 Å². The van der Waals surface area contributed by atoms with Crippen molar-refractivity contribution >= 4 is 34.2 Å². The average Bonchev–Trinajstić information content (AvgIpc) is 2.79. The summed E-state index contributed by atoms with van der Waals surface area (Å²) in [5.74, 6) is 0.648. The number of fused-ring (bicyclic) bond motifs is 1. The fourth-order valence-electron chi connectivity index (χ4n) is 3.46. The van der Waals surface area contributed by atoms with Crippen LogP contribution in [-0.2, 0) is 4.74 Å². The Morgan fingerprint density at radius 1 is 1.00 bits per heavy atom. The Morgan fingerprint density at radius 2 is 1.84 bits per heavy atom. The summed E-state index contributed by atoms with van der Waals surface area (Å²) in [7, 11) is 0. The molecule has 9 heteroatoms. The maximum atomic E-state index is 14.6. The number of morpholine rings is 1. The first-order valence-corrected chi connectivity index (χ1v) is 9.91. The van der Waals surface area contributed by atoms with Crippen molar-refractivity contribution in [3.05, 3.63) is 60.7 Å². The van der Waals surface area contributed by atoms with Gasteiger partial charge in [0, 0.05) is 36.8 Å². The van der Waals surface area contributed by atoms with Gasteiger partial charge in [0.1, 0.15) is 17.5 Å². The van der Waals surface area contributed by atoms with Crippen molar-refractivity contribution < 1.29 is 9.13 Å². The summed E-state index contributed by atoms with van der Waals surface area (Å²) in [6, 6.07) is 12.7. The first kappa shape index (κ1) is 19.1. The molecular formula is C22H20FN7O. The van der Waals surface area contributed by atoms with Crippen LogP contribution in [0.15, 0.2) is 54.9 Å². The lowest BCUT2D eigenvalue weighted by Crippen LogP contribution is -2.37. The van der Waals surface area contributed by atoms with Crippen LogP contribution in [-0.4, -0.2) is 46.2 Å². The number of pyridine rings is 2. The monoisotopic (exact) mass is 417 g/mol. The van der Waals surface area contributed by atoms with E-state index in [4.69, 9.17) is 10.5 Å². The van der Waals surface area contributed by atoms with Gasteiger partial charge in [0.2, 0.25) is 5.95 Å². The van der Waals surface area contributed by atoms with Crippen LogP contribution in [0.2, 0.25) is 0 Å². The molecule has 0 unspecified atom stereocenters. The second kappa shape index (κ2) is 8.11. The Morgan fingerprint density at radius 3 is 2.68 bits per heavy atom. The summed E-state index contributed by atoms with van der Waals surface area (Å²) in [4.78, 5) is 19.8. The average molecular weight is 417 g/mol. The standard InChI is InChI=1S/C22H20FN7O/c23-17-10-20(24)26-13-16(17)19-11-21(29-22(28-19)30-5-7-31-8-6-30)27-15-9-14-3-1-2-4-18(14)25-12-15/h1-4,9-13H,5-8H2,(H2,24,26)(H,27,28,29). The van der Waals surface area contributed by atoms with Crippen molar-refractivity contribution in [2.45, 2.75) is 0 Å². The van der Waals surface area contributed by atoms with E-state index in [2.05, 4.69) is 25.3 Å². The number of nitrogens with zero attached hydrogens (tertiary/aromatic N) is 5. The minimum atomic E-state index is -0.488. The summed E-state index contributed by atoms with van der Waals surface area (Å²) in [5, 5.41) is 4.28. The normalized spacial score (nSPS) is 14.0. The number of hydrogen-bond acceptors (Lipinski definition) is 8. The lowest BCUT2D eigenvalue weighted by atomic mass is 10.2. The van der Waals surface area contributed by atoms with Gasteiger partial charge in [-0.25, -0.2) is 14.4 Å². The fourth-order valence-corrected chi connectivity index (χ4v) is 3.46. The van der Waals surface area contributed by atoms with Gasteiger partial charge in [-0.05, 0) is 12.1 Å². The van der Waals surface area contributed by atoms with E-state index in [1.165, 1.54) is 12.3 Å². The number of aromatic nitrogens is 4. The van der Waals surface area contributed by atoms with Crippen LogP contribution >= 0.6 is 0 Å². The highest BCUT2D eigenvalue weighted by molar-refractivity contribution is 5.82. The van der Waals surface area contributed by atoms with E-state index in [0.29, 0.717) is 43.8 Å². The van der Waals surface area contributed by atoms with Crippen LogP contribution in [0.5, 0.6) is 0 Å². The molecular weight excluding hydrogens is 397 g/mol. The largest absolute Gasteiger partial charge is 0.384 e. The molecule has 0 amide bonds. The molecule has 1 aliphatic heterocycles. The van der Waals surface area contributed by atoms with Crippen LogP contribution in [0.25, 0.3) is 22.2 Å². The predicted molar refractivity (Wildman–Crippen MR) is 118 cm³/mol. The number of para-hydroxylation sites is 1. The lowest BCUT2D eigenvalue weighted by molar-refractivity contribution is 0.122. The second-order valence-electron chi connectivity index (χ2n) is 7.17. The molecule has 1 aliphatic rings. The van der Waals surface area contributed by atoms with Gasteiger partial charge in [-0.15, -0.1) is 0 Å². The third-order valence-corrected chi connectivity index (χ3v) is 5.02. The van der Waals surface area contributed by atoms with E-state index in [1.807, 2.05) is 35.2 Å². The molecule has 0 spiro atoms. The number of nitrogen functional groups attached to an aromatic ring is 1. The molecule has 0 aliphatic carbocycles. The van der Waals surface area contributed by atoms with E-state index in [0.717, 1.165) is 16.6 Å². The lowest BCUT2D eigenvalue weighted by Gasteiger charge is -2.27. The van der Waals surface area contributed by atoms with E-state index in [9.17, 15) is 4.39 Å². The van der Waals surface area contributed by atoms with Gasteiger partial charge in [0.15, 0.2) is 0 Å². The number of nitrogens with two attached hydrogens (primary N) is 1. The maximum Gasteiger partial charge on any atom is 0.228 e. The Bertz CT molecular complexity index is 1240. The SMILES string of the molecule is Nc1cc(F)c(-c2cc(Nc3cnc4ccccc4c3)nc(N3CCOCC3)n2)cn1. The zero-order chi connectivity index (χ0) is 21.2. The topological polar surface area (TPSA) is 102 Å². The van der Waals surface area contributed by atoms with E-state index in [1.54, 1.807) is 12.3 Å². The Hall–Kier alpha value is -3.85. The minimum absolute atomic E-state index is 0.115. The van der Waals surface area contributed by atoms with E-state index < -0.39 is 5.82 Å². The summed E-state index contributed by atoms with van der Waals surface area (Å²) >= 11 is 0. The molecule has 1 fully saturated rings. The van der Waals surface area contributed by atoms with Crippen molar-refractivity contribution in [1.82, 2.24) is 19.9 Å². The van der Waals surface area contributed by atoms with Gasteiger partial charge >= 0.3 is 0 Å². The smallest absolute Gasteiger partial charge is 0.228 e. The molecule has 3 N–H and O–H groups in total. The highest BCUT2D eigenvalue weighted by Crippen LogP contribution is 2.28. The second-order valence-corrected chi connectivity index (χ2v) is 7.17. The summed E-state index contributed by atoms with van der Waals surface area (Å²) in [6.07, 6.45) is 3.13. The molecule has 0 saturated carbocycles. The van der Waals surface area contributed by atoms with Crippen molar-refractivity contribution in [2.24, 2.45) is 0 Å². The third kappa shape index (κ3) is 4.08. The number of benzene rings is 1. The molecule has 156 valence electrons. The summed E-state index contributed by atoms with van der Waals surface area (Å²) in [6.45, 7) is 2.48. The summed E-state index contributed by atoms with van der Waals surface area (Å²) < 4.78 is 20.0. The first-order chi connectivity index (χ1) is 15.2. The van der Waals surface area contributed by atoms with Crippen LogP contribution in [0.3, 0.4) is 0 Å². The molecule has 4 aromatic rings. The highest BCUT2D eigenvalue weighted by atomic mass is 19.1. The van der Waals surface area contributed by atoms with Gasteiger partial charge in [-0.3, -0.25) is 4.98 Å². The first-order valence-electron chi connectivity index (χ1n) is 9.91. The number of nitrogens with one attached hydrogen (secondary N) is 1. The molecule has 8 nitrogen and oxygen atoms in total. The number of hydrogen-bond donors (Lipinski definition) is 2. The molecule has 4 heterocycles. The summed E-state index contributed by atoms with van der Waals surface area (Å²) in [5.41, 5.74) is 7.95. The highest BCUT2D eigenvalue weighted by Gasteiger charge is 2.18. The number of halogens is 1. The van der Waals surface area contributed by atoms with Gasteiger partial charge in [0.25, 0.3) is 0 Å². The number of ether oxygens (including phenoxy) is 1. The van der Waals surface area contributed by atoms with Gasteiger partial charge in [0.05, 0.1) is 41.9 Å². The van der Waals surface area contributed by atoms with Crippen molar-refractivity contribution in [1.29, 1.82) is 0 Å². The molecule has 0 atom stereocenters. The van der Waals surface area contributed by atoms with Crippen LogP contribution in [0, 0.1) is 5.82 Å². The molecule has 0 radical (unpaired) electrons. The Labute approximate surface area is 177 Å². The van der Waals surface area contributed by atoms with Gasteiger partial charge < -0.3 is 20.7 Å². The van der Waals surface area contributed by atoms with Crippen molar-refractivity contribution in [2.75, 3.05) is 42.3 Å². The van der Waals surface area contributed by atoms with Crippen LogP contribution in [0.4, 0.5) is 27.7 Å². The van der Waals surface area contributed by atoms with E-state index >= 15 is 0 Å². The molecule has 31 heavy (non-hydrogen) atoms. The molecule has 5 rings (SSSR count). The quantitative estimate of drug-likeness (QED) is 0.521. The van der Waals surface area contributed by atoms with Crippen LogP contribution in [0.1, 0.15) is 0 Å². The molecule has 1 saturated heterocycles.